The number of fused-ring (bicyclic) bond motifs is 1. The number of aromatic nitrogens is 1. The van der Waals surface area contributed by atoms with Crippen molar-refractivity contribution in [3.05, 3.63) is 59.1 Å². The zero-order chi connectivity index (χ0) is 15.0. The van der Waals surface area contributed by atoms with Crippen LogP contribution in [0.1, 0.15) is 10.4 Å². The number of benzene rings is 2. The van der Waals surface area contributed by atoms with Gasteiger partial charge in [0.1, 0.15) is 5.75 Å². The number of phenolic OH excluding ortho intramolecular Hbond substituents is 1. The fourth-order valence-corrected chi connectivity index (χ4v) is 2.46. The molecule has 104 valence electrons. The molecule has 1 heterocycles. The van der Waals surface area contributed by atoms with Crippen LogP contribution in [-0.4, -0.2) is 21.2 Å². The molecule has 3 aromatic rings. The van der Waals surface area contributed by atoms with Gasteiger partial charge in [-0.05, 0) is 42.5 Å². The van der Waals surface area contributed by atoms with Gasteiger partial charge in [0.05, 0.1) is 21.8 Å². The van der Waals surface area contributed by atoms with Crippen molar-refractivity contribution in [3.8, 4) is 17.0 Å². The maximum absolute atomic E-state index is 11.5. The van der Waals surface area contributed by atoms with Crippen molar-refractivity contribution < 1.29 is 15.0 Å². The molecule has 21 heavy (non-hydrogen) atoms. The van der Waals surface area contributed by atoms with E-state index in [2.05, 4.69) is 4.98 Å². The Morgan fingerprint density at radius 2 is 1.81 bits per heavy atom. The van der Waals surface area contributed by atoms with Gasteiger partial charge in [-0.25, -0.2) is 9.78 Å². The predicted molar refractivity (Wildman–Crippen MR) is 80.8 cm³/mol. The molecular weight excluding hydrogens is 290 g/mol. The van der Waals surface area contributed by atoms with Crippen LogP contribution >= 0.6 is 11.6 Å². The lowest BCUT2D eigenvalue weighted by molar-refractivity contribution is 0.0699. The third kappa shape index (κ3) is 2.41. The minimum absolute atomic E-state index is 0.105. The molecule has 0 aliphatic carbocycles. The maximum Gasteiger partial charge on any atom is 0.336 e. The third-order valence-electron chi connectivity index (χ3n) is 3.18. The second kappa shape index (κ2) is 5.07. The van der Waals surface area contributed by atoms with Crippen LogP contribution in [0.25, 0.3) is 22.2 Å². The number of pyridine rings is 1. The van der Waals surface area contributed by atoms with E-state index in [1.165, 1.54) is 18.2 Å². The topological polar surface area (TPSA) is 70.4 Å². The second-order valence-electron chi connectivity index (χ2n) is 4.54. The molecule has 0 atom stereocenters. The normalized spacial score (nSPS) is 10.7. The molecule has 1 aromatic heterocycles. The molecule has 0 unspecified atom stereocenters. The molecule has 0 aliphatic heterocycles. The molecule has 2 N–H and O–H groups in total. The number of rotatable bonds is 2. The highest BCUT2D eigenvalue weighted by Crippen LogP contribution is 2.30. The van der Waals surface area contributed by atoms with Crippen LogP contribution in [0.5, 0.6) is 5.75 Å². The average molecular weight is 300 g/mol. The smallest absolute Gasteiger partial charge is 0.336 e. The van der Waals surface area contributed by atoms with Crippen LogP contribution in [0, 0.1) is 0 Å². The van der Waals surface area contributed by atoms with Gasteiger partial charge in [-0.2, -0.15) is 0 Å². The molecule has 0 bridgehead atoms. The minimum Gasteiger partial charge on any atom is -0.508 e. The van der Waals surface area contributed by atoms with Gasteiger partial charge in [0, 0.05) is 10.9 Å². The van der Waals surface area contributed by atoms with Gasteiger partial charge in [-0.1, -0.05) is 17.7 Å². The summed E-state index contributed by atoms with van der Waals surface area (Å²) in [6.45, 7) is 0. The van der Waals surface area contributed by atoms with Crippen molar-refractivity contribution in [1.29, 1.82) is 0 Å². The standard InChI is InChI=1S/C16H10ClNO3/c17-12-2-1-3-13-15(12)11(16(20)21)8-14(18-13)9-4-6-10(19)7-5-9/h1-8,19H,(H,20,21). The number of aromatic carboxylic acids is 1. The number of hydrogen-bond acceptors (Lipinski definition) is 3. The number of aromatic hydroxyl groups is 1. The summed E-state index contributed by atoms with van der Waals surface area (Å²) in [5.41, 5.74) is 1.86. The molecule has 2 aromatic carbocycles. The van der Waals surface area contributed by atoms with E-state index in [-0.39, 0.29) is 11.3 Å². The number of nitrogens with zero attached hydrogens (tertiary/aromatic N) is 1. The van der Waals surface area contributed by atoms with Crippen LogP contribution in [0.4, 0.5) is 0 Å². The zero-order valence-corrected chi connectivity index (χ0v) is 11.5. The van der Waals surface area contributed by atoms with E-state index < -0.39 is 5.97 Å². The summed E-state index contributed by atoms with van der Waals surface area (Å²) < 4.78 is 0. The van der Waals surface area contributed by atoms with Crippen LogP contribution in [0.3, 0.4) is 0 Å². The third-order valence-corrected chi connectivity index (χ3v) is 3.49. The largest absolute Gasteiger partial charge is 0.508 e. The Hall–Kier alpha value is -2.59. The highest BCUT2D eigenvalue weighted by Gasteiger charge is 2.15. The van der Waals surface area contributed by atoms with E-state index in [9.17, 15) is 15.0 Å². The molecule has 0 radical (unpaired) electrons. The fraction of sp³-hybridized carbons (Fsp3) is 0. The van der Waals surface area contributed by atoms with Crippen LogP contribution in [0.2, 0.25) is 5.02 Å². The molecule has 0 aliphatic rings. The highest BCUT2D eigenvalue weighted by atomic mass is 35.5. The molecule has 0 fully saturated rings. The monoisotopic (exact) mass is 299 g/mol. The summed E-state index contributed by atoms with van der Waals surface area (Å²) in [5, 5.41) is 19.5. The summed E-state index contributed by atoms with van der Waals surface area (Å²) in [6, 6.07) is 13.0. The Labute approximate surface area is 125 Å². The lowest BCUT2D eigenvalue weighted by Gasteiger charge is -2.08. The van der Waals surface area contributed by atoms with E-state index in [0.29, 0.717) is 21.6 Å². The van der Waals surface area contributed by atoms with E-state index in [1.54, 1.807) is 30.3 Å². The zero-order valence-electron chi connectivity index (χ0n) is 10.7. The van der Waals surface area contributed by atoms with Crippen LogP contribution < -0.4 is 0 Å². The van der Waals surface area contributed by atoms with Gasteiger partial charge < -0.3 is 10.2 Å². The van der Waals surface area contributed by atoms with E-state index in [0.717, 1.165) is 5.56 Å². The number of carboxylic acids is 1. The average Bonchev–Trinajstić information content (AvgIpc) is 2.47. The Kier molecular flexibility index (Phi) is 3.23. The molecule has 3 rings (SSSR count). The van der Waals surface area contributed by atoms with Crippen molar-refractivity contribution in [2.75, 3.05) is 0 Å². The van der Waals surface area contributed by atoms with Crippen molar-refractivity contribution in [1.82, 2.24) is 4.98 Å². The molecule has 4 nitrogen and oxygen atoms in total. The molecular formula is C16H10ClNO3. The lowest BCUT2D eigenvalue weighted by Crippen LogP contribution is -2.00. The first-order chi connectivity index (χ1) is 10.1. The molecule has 5 heteroatoms. The predicted octanol–water partition coefficient (Wildman–Crippen LogP) is 3.96. The SMILES string of the molecule is O=C(O)c1cc(-c2ccc(O)cc2)nc2cccc(Cl)c12. The minimum atomic E-state index is -1.06. The number of phenols is 1. The van der Waals surface area contributed by atoms with E-state index in [4.69, 9.17) is 11.6 Å². The molecule has 0 amide bonds. The number of carbonyl (C=O) groups is 1. The first-order valence-electron chi connectivity index (χ1n) is 6.18. The van der Waals surface area contributed by atoms with Crippen molar-refractivity contribution in [2.45, 2.75) is 0 Å². The summed E-state index contributed by atoms with van der Waals surface area (Å²) in [4.78, 5) is 15.9. The van der Waals surface area contributed by atoms with Crippen molar-refractivity contribution >= 4 is 28.5 Å². The Bertz CT molecular complexity index is 844. The summed E-state index contributed by atoms with van der Waals surface area (Å²) in [5.74, 6) is -0.920. The number of carboxylic acid groups (broad SMARTS) is 1. The summed E-state index contributed by atoms with van der Waals surface area (Å²) in [6.07, 6.45) is 0. The number of halogens is 1. The number of hydrogen-bond donors (Lipinski definition) is 2. The Balaban J connectivity index is 2.31. The molecule has 0 spiro atoms. The Morgan fingerprint density at radius 1 is 1.10 bits per heavy atom. The first-order valence-corrected chi connectivity index (χ1v) is 6.56. The van der Waals surface area contributed by atoms with E-state index in [1.807, 2.05) is 0 Å². The summed E-state index contributed by atoms with van der Waals surface area (Å²) in [7, 11) is 0. The molecule has 0 saturated heterocycles. The molecule has 0 saturated carbocycles. The lowest BCUT2D eigenvalue weighted by atomic mass is 10.0. The van der Waals surface area contributed by atoms with Gasteiger partial charge in [0.15, 0.2) is 0 Å². The first kappa shape index (κ1) is 13.4. The van der Waals surface area contributed by atoms with Crippen molar-refractivity contribution in [3.63, 3.8) is 0 Å². The van der Waals surface area contributed by atoms with E-state index >= 15 is 0 Å². The second-order valence-corrected chi connectivity index (χ2v) is 4.95. The quantitative estimate of drug-likeness (QED) is 0.751. The Morgan fingerprint density at radius 3 is 2.48 bits per heavy atom. The van der Waals surface area contributed by atoms with Gasteiger partial charge in [0.2, 0.25) is 0 Å². The summed E-state index contributed by atoms with van der Waals surface area (Å²) >= 11 is 6.09. The van der Waals surface area contributed by atoms with Gasteiger partial charge in [0.25, 0.3) is 0 Å². The van der Waals surface area contributed by atoms with Gasteiger partial charge in [-0.3, -0.25) is 0 Å². The van der Waals surface area contributed by atoms with Crippen LogP contribution in [0.15, 0.2) is 48.5 Å². The fourth-order valence-electron chi connectivity index (χ4n) is 2.19. The maximum atomic E-state index is 11.5. The van der Waals surface area contributed by atoms with Crippen LogP contribution in [-0.2, 0) is 0 Å². The van der Waals surface area contributed by atoms with Gasteiger partial charge in [-0.15, -0.1) is 0 Å². The highest BCUT2D eigenvalue weighted by molar-refractivity contribution is 6.36. The van der Waals surface area contributed by atoms with Gasteiger partial charge >= 0.3 is 5.97 Å². The van der Waals surface area contributed by atoms with Crippen molar-refractivity contribution in [2.24, 2.45) is 0 Å².